The number of nitrogens with zero attached hydrogens (tertiary/aromatic N) is 3. The van der Waals surface area contributed by atoms with E-state index in [0.717, 1.165) is 49.8 Å². The fraction of sp³-hybridized carbons (Fsp3) is 0.455. The summed E-state index contributed by atoms with van der Waals surface area (Å²) < 4.78 is 0. The van der Waals surface area contributed by atoms with Gasteiger partial charge in [0.1, 0.15) is 6.33 Å². The molecular weight excluding hydrogens is 352 g/mol. The first kappa shape index (κ1) is 20.0. The summed E-state index contributed by atoms with van der Waals surface area (Å²) in [4.78, 5) is 34.9. The van der Waals surface area contributed by atoms with Gasteiger partial charge in [-0.05, 0) is 37.0 Å². The van der Waals surface area contributed by atoms with Crippen LogP contribution in [0.15, 0.2) is 43.0 Å². The maximum absolute atomic E-state index is 12.8. The van der Waals surface area contributed by atoms with E-state index in [-0.39, 0.29) is 17.7 Å². The minimum atomic E-state index is 0.0196. The first-order valence-corrected chi connectivity index (χ1v) is 10.1. The lowest BCUT2D eigenvalue weighted by Crippen LogP contribution is -2.43. The molecule has 0 bridgehead atoms. The molecule has 2 heterocycles. The van der Waals surface area contributed by atoms with Gasteiger partial charge in [0.05, 0.1) is 0 Å². The third-order valence-electron chi connectivity index (χ3n) is 5.26. The second-order valence-electron chi connectivity index (χ2n) is 7.27. The quantitative estimate of drug-likeness (QED) is 0.748. The summed E-state index contributed by atoms with van der Waals surface area (Å²) in [6.45, 7) is 4.16. The number of amides is 2. The van der Waals surface area contributed by atoms with Gasteiger partial charge in [-0.1, -0.05) is 31.9 Å². The zero-order valence-corrected chi connectivity index (χ0v) is 16.4. The summed E-state index contributed by atoms with van der Waals surface area (Å²) in [5, 5.41) is 3.03. The summed E-state index contributed by atoms with van der Waals surface area (Å²) in [5.41, 5.74) is 2.57. The number of carbonyl (C=O) groups is 2. The Bertz CT molecular complexity index is 769. The number of unbranched alkanes of at least 4 members (excludes halogenated alkanes) is 2. The van der Waals surface area contributed by atoms with Crippen LogP contribution in [0.1, 0.15) is 49.4 Å². The van der Waals surface area contributed by atoms with Crippen LogP contribution in [0.5, 0.6) is 0 Å². The van der Waals surface area contributed by atoms with Gasteiger partial charge in [-0.15, -0.1) is 0 Å². The van der Waals surface area contributed by atoms with Crippen LogP contribution in [-0.2, 0) is 4.79 Å². The first-order chi connectivity index (χ1) is 13.7. The Kier molecular flexibility index (Phi) is 7.12. The molecule has 0 atom stereocenters. The highest BCUT2D eigenvalue weighted by atomic mass is 16.2. The van der Waals surface area contributed by atoms with Gasteiger partial charge >= 0.3 is 0 Å². The number of likely N-dealkylation sites (tertiary alicyclic amines) is 1. The van der Waals surface area contributed by atoms with E-state index in [2.05, 4.69) is 22.2 Å². The molecule has 1 aliphatic heterocycles. The van der Waals surface area contributed by atoms with E-state index in [1.54, 1.807) is 12.4 Å². The molecule has 0 aliphatic carbocycles. The summed E-state index contributed by atoms with van der Waals surface area (Å²) in [6.07, 6.45) is 9.78. The molecule has 1 N–H and O–H groups in total. The smallest absolute Gasteiger partial charge is 0.253 e. The summed E-state index contributed by atoms with van der Waals surface area (Å²) in [6, 6.07) is 7.53. The van der Waals surface area contributed by atoms with E-state index in [0.29, 0.717) is 18.7 Å². The Morgan fingerprint density at radius 1 is 1.04 bits per heavy atom. The Labute approximate surface area is 166 Å². The van der Waals surface area contributed by atoms with E-state index in [9.17, 15) is 9.59 Å². The number of aromatic nitrogens is 2. The molecule has 1 aromatic carbocycles. The van der Waals surface area contributed by atoms with Gasteiger partial charge < -0.3 is 10.2 Å². The van der Waals surface area contributed by atoms with E-state index in [4.69, 9.17) is 0 Å². The summed E-state index contributed by atoms with van der Waals surface area (Å²) in [5.74, 6) is 0.182. The lowest BCUT2D eigenvalue weighted by molar-refractivity contribution is -0.126. The van der Waals surface area contributed by atoms with Crippen molar-refractivity contribution < 1.29 is 9.59 Å². The Morgan fingerprint density at radius 2 is 1.71 bits per heavy atom. The monoisotopic (exact) mass is 380 g/mol. The first-order valence-electron chi connectivity index (χ1n) is 10.1. The second kappa shape index (κ2) is 9.97. The number of rotatable bonds is 7. The van der Waals surface area contributed by atoms with Crippen molar-refractivity contribution >= 4 is 11.8 Å². The number of carbonyl (C=O) groups excluding carboxylic acids is 2. The highest BCUT2D eigenvalue weighted by Crippen LogP contribution is 2.21. The topological polar surface area (TPSA) is 75.2 Å². The summed E-state index contributed by atoms with van der Waals surface area (Å²) >= 11 is 0. The van der Waals surface area contributed by atoms with Crippen LogP contribution >= 0.6 is 0 Å². The zero-order valence-electron chi connectivity index (χ0n) is 16.4. The predicted octanol–water partition coefficient (Wildman–Crippen LogP) is 3.30. The van der Waals surface area contributed by atoms with Crippen molar-refractivity contribution in [2.24, 2.45) is 5.92 Å². The molecule has 0 unspecified atom stereocenters. The molecule has 1 aromatic heterocycles. The number of hydrogen-bond acceptors (Lipinski definition) is 4. The maximum atomic E-state index is 12.8. The van der Waals surface area contributed by atoms with Crippen molar-refractivity contribution in [3.8, 4) is 11.1 Å². The average molecular weight is 380 g/mol. The second-order valence-corrected chi connectivity index (χ2v) is 7.27. The Morgan fingerprint density at radius 3 is 2.36 bits per heavy atom. The number of piperidine rings is 1. The van der Waals surface area contributed by atoms with Crippen LogP contribution in [0.4, 0.5) is 0 Å². The fourth-order valence-electron chi connectivity index (χ4n) is 3.51. The van der Waals surface area contributed by atoms with E-state index >= 15 is 0 Å². The minimum absolute atomic E-state index is 0.0196. The highest BCUT2D eigenvalue weighted by molar-refractivity contribution is 5.95. The Hall–Kier alpha value is -2.76. The molecule has 1 aliphatic rings. The van der Waals surface area contributed by atoms with Crippen molar-refractivity contribution in [3.05, 3.63) is 48.5 Å². The van der Waals surface area contributed by atoms with Crippen molar-refractivity contribution in [1.82, 2.24) is 20.2 Å². The third kappa shape index (κ3) is 5.15. The van der Waals surface area contributed by atoms with Crippen LogP contribution in [0.2, 0.25) is 0 Å². The molecule has 0 saturated carbocycles. The lowest BCUT2D eigenvalue weighted by atomic mass is 9.95. The van der Waals surface area contributed by atoms with Crippen LogP contribution in [0.25, 0.3) is 11.1 Å². The number of nitrogens with one attached hydrogen (secondary N) is 1. The molecule has 148 valence electrons. The van der Waals surface area contributed by atoms with Gasteiger partial charge in [-0.25, -0.2) is 9.97 Å². The molecule has 28 heavy (non-hydrogen) atoms. The van der Waals surface area contributed by atoms with Gasteiger partial charge in [-0.3, -0.25) is 9.59 Å². The lowest BCUT2D eigenvalue weighted by Gasteiger charge is -2.31. The van der Waals surface area contributed by atoms with Crippen molar-refractivity contribution in [2.75, 3.05) is 19.6 Å². The van der Waals surface area contributed by atoms with Crippen LogP contribution in [0.3, 0.4) is 0 Å². The molecule has 0 radical (unpaired) electrons. The highest BCUT2D eigenvalue weighted by Gasteiger charge is 2.27. The Balaban J connectivity index is 1.50. The molecule has 6 heteroatoms. The number of benzene rings is 1. The molecule has 2 aromatic rings. The normalized spacial score (nSPS) is 14.7. The van der Waals surface area contributed by atoms with Crippen molar-refractivity contribution in [1.29, 1.82) is 0 Å². The fourth-order valence-corrected chi connectivity index (χ4v) is 3.51. The predicted molar refractivity (Wildman–Crippen MR) is 109 cm³/mol. The number of hydrogen-bond donors (Lipinski definition) is 1. The third-order valence-corrected chi connectivity index (χ3v) is 5.26. The molecule has 2 amide bonds. The van der Waals surface area contributed by atoms with E-state index in [1.807, 2.05) is 29.2 Å². The average Bonchev–Trinajstić information content (AvgIpc) is 2.77. The van der Waals surface area contributed by atoms with Crippen LogP contribution < -0.4 is 5.32 Å². The summed E-state index contributed by atoms with van der Waals surface area (Å²) in [7, 11) is 0. The molecular formula is C22H28N4O2. The van der Waals surface area contributed by atoms with Crippen molar-refractivity contribution in [2.45, 2.75) is 39.0 Å². The largest absolute Gasteiger partial charge is 0.356 e. The van der Waals surface area contributed by atoms with Crippen LogP contribution in [-0.4, -0.2) is 46.3 Å². The standard InChI is InChI=1S/C22H28N4O2/c1-2-3-4-11-25-21(27)18-9-12-26(13-10-18)22(28)19-7-5-17(6-8-19)20-14-23-16-24-15-20/h5-8,14-16,18H,2-4,9-13H2,1H3,(H,25,27). The molecule has 3 rings (SSSR count). The van der Waals surface area contributed by atoms with Gasteiger partial charge in [0, 0.05) is 49.1 Å². The molecule has 1 fully saturated rings. The molecule has 1 saturated heterocycles. The van der Waals surface area contributed by atoms with Crippen molar-refractivity contribution in [3.63, 3.8) is 0 Å². The van der Waals surface area contributed by atoms with Gasteiger partial charge in [-0.2, -0.15) is 0 Å². The van der Waals surface area contributed by atoms with Gasteiger partial charge in [0.15, 0.2) is 0 Å². The van der Waals surface area contributed by atoms with Crippen LogP contribution in [0, 0.1) is 5.92 Å². The zero-order chi connectivity index (χ0) is 19.8. The molecule has 6 nitrogen and oxygen atoms in total. The molecule has 0 spiro atoms. The van der Waals surface area contributed by atoms with Gasteiger partial charge in [0.25, 0.3) is 5.91 Å². The minimum Gasteiger partial charge on any atom is -0.356 e. The van der Waals surface area contributed by atoms with E-state index < -0.39 is 0 Å². The van der Waals surface area contributed by atoms with E-state index in [1.165, 1.54) is 6.33 Å². The SMILES string of the molecule is CCCCCNC(=O)C1CCN(C(=O)c2ccc(-c3cncnc3)cc2)CC1. The maximum Gasteiger partial charge on any atom is 0.253 e. The van der Waals surface area contributed by atoms with Gasteiger partial charge in [0.2, 0.25) is 5.91 Å².